The maximum Gasteiger partial charge on any atom is 0.345 e. The molecule has 25 heavy (non-hydrogen) atoms. The Labute approximate surface area is 147 Å². The first-order valence-electron chi connectivity index (χ1n) is 8.75. The Morgan fingerprint density at radius 1 is 1.36 bits per heavy atom. The SMILES string of the molecule is Cc1cc(C)n(CCCN(C)C(=O)[C@H]2CCc3nn(C)c(=O)n3C2)n1. The molecule has 136 valence electrons. The van der Waals surface area contributed by atoms with Crippen molar-refractivity contribution in [2.45, 2.75) is 46.2 Å². The van der Waals surface area contributed by atoms with Crippen LogP contribution < -0.4 is 5.69 Å². The van der Waals surface area contributed by atoms with Crippen molar-refractivity contribution in [3.05, 3.63) is 33.8 Å². The zero-order valence-corrected chi connectivity index (χ0v) is 15.4. The highest BCUT2D eigenvalue weighted by molar-refractivity contribution is 5.78. The number of amides is 1. The van der Waals surface area contributed by atoms with Crippen molar-refractivity contribution in [1.82, 2.24) is 29.0 Å². The van der Waals surface area contributed by atoms with Gasteiger partial charge in [-0.3, -0.25) is 14.0 Å². The van der Waals surface area contributed by atoms with E-state index < -0.39 is 0 Å². The zero-order valence-electron chi connectivity index (χ0n) is 15.4. The molecular weight excluding hydrogens is 320 g/mol. The van der Waals surface area contributed by atoms with Gasteiger partial charge in [0.05, 0.1) is 11.6 Å². The topological polar surface area (TPSA) is 78.0 Å². The maximum atomic E-state index is 12.7. The third kappa shape index (κ3) is 3.52. The molecule has 0 unspecified atom stereocenters. The minimum absolute atomic E-state index is 0.106. The van der Waals surface area contributed by atoms with Crippen LogP contribution in [0, 0.1) is 19.8 Å². The van der Waals surface area contributed by atoms with Gasteiger partial charge in [0.2, 0.25) is 5.91 Å². The Morgan fingerprint density at radius 2 is 2.12 bits per heavy atom. The zero-order chi connectivity index (χ0) is 18.1. The second-order valence-corrected chi connectivity index (χ2v) is 6.93. The van der Waals surface area contributed by atoms with E-state index in [-0.39, 0.29) is 17.5 Å². The first-order valence-corrected chi connectivity index (χ1v) is 8.75. The summed E-state index contributed by atoms with van der Waals surface area (Å²) in [6.07, 6.45) is 2.28. The van der Waals surface area contributed by atoms with Gasteiger partial charge in [-0.1, -0.05) is 0 Å². The highest BCUT2D eigenvalue weighted by atomic mass is 16.2. The van der Waals surface area contributed by atoms with Crippen LogP contribution in [-0.2, 0) is 31.4 Å². The Bertz CT molecular complexity index is 831. The van der Waals surface area contributed by atoms with Gasteiger partial charge in [-0.25, -0.2) is 9.48 Å². The predicted octanol–water partition coefficient (Wildman–Crippen LogP) is 0.506. The third-order valence-electron chi connectivity index (χ3n) is 4.90. The van der Waals surface area contributed by atoms with Crippen LogP contribution in [0.5, 0.6) is 0 Å². The summed E-state index contributed by atoms with van der Waals surface area (Å²) in [7, 11) is 3.49. The second kappa shape index (κ2) is 6.85. The number of aryl methyl sites for hydroxylation is 5. The maximum absolute atomic E-state index is 12.7. The molecule has 0 spiro atoms. The van der Waals surface area contributed by atoms with Crippen molar-refractivity contribution >= 4 is 5.91 Å². The normalized spacial score (nSPS) is 16.7. The van der Waals surface area contributed by atoms with Crippen LogP contribution in [0.2, 0.25) is 0 Å². The molecule has 1 atom stereocenters. The summed E-state index contributed by atoms with van der Waals surface area (Å²) < 4.78 is 4.96. The minimum atomic E-state index is -0.145. The highest BCUT2D eigenvalue weighted by Gasteiger charge is 2.29. The summed E-state index contributed by atoms with van der Waals surface area (Å²) in [5.74, 6) is 0.742. The molecule has 3 rings (SSSR count). The van der Waals surface area contributed by atoms with E-state index in [9.17, 15) is 9.59 Å². The van der Waals surface area contributed by atoms with Crippen LogP contribution in [0.25, 0.3) is 0 Å². The number of nitrogens with zero attached hydrogens (tertiary/aromatic N) is 6. The molecule has 0 saturated carbocycles. The van der Waals surface area contributed by atoms with E-state index >= 15 is 0 Å². The van der Waals surface area contributed by atoms with Crippen LogP contribution in [0.3, 0.4) is 0 Å². The molecule has 1 aliphatic heterocycles. The number of aromatic nitrogens is 5. The summed E-state index contributed by atoms with van der Waals surface area (Å²) in [6.45, 7) is 5.94. The molecule has 0 N–H and O–H groups in total. The van der Waals surface area contributed by atoms with Gasteiger partial charge in [0.25, 0.3) is 0 Å². The summed E-state index contributed by atoms with van der Waals surface area (Å²) in [5.41, 5.74) is 2.02. The number of hydrogen-bond acceptors (Lipinski definition) is 4. The fourth-order valence-electron chi connectivity index (χ4n) is 3.52. The van der Waals surface area contributed by atoms with Crippen LogP contribution in [0.1, 0.15) is 30.1 Å². The van der Waals surface area contributed by atoms with Gasteiger partial charge in [-0.05, 0) is 32.8 Å². The largest absolute Gasteiger partial charge is 0.345 e. The first-order chi connectivity index (χ1) is 11.9. The molecule has 0 bridgehead atoms. The van der Waals surface area contributed by atoms with Gasteiger partial charge in [0, 0.05) is 45.8 Å². The van der Waals surface area contributed by atoms with Crippen molar-refractivity contribution in [3.63, 3.8) is 0 Å². The molecule has 1 amide bonds. The van der Waals surface area contributed by atoms with Crippen LogP contribution in [-0.4, -0.2) is 48.5 Å². The number of carbonyl (C=O) groups is 1. The monoisotopic (exact) mass is 346 g/mol. The minimum Gasteiger partial charge on any atom is -0.345 e. The smallest absolute Gasteiger partial charge is 0.345 e. The van der Waals surface area contributed by atoms with Crippen LogP contribution in [0.15, 0.2) is 10.9 Å². The summed E-state index contributed by atoms with van der Waals surface area (Å²) in [4.78, 5) is 26.5. The molecule has 8 heteroatoms. The fraction of sp³-hybridized carbons (Fsp3) is 0.647. The molecule has 0 radical (unpaired) electrons. The van der Waals surface area contributed by atoms with E-state index in [2.05, 4.69) is 16.3 Å². The quantitative estimate of drug-likeness (QED) is 0.790. The molecule has 0 fully saturated rings. The summed E-state index contributed by atoms with van der Waals surface area (Å²) in [6, 6.07) is 2.06. The molecule has 0 aromatic carbocycles. The van der Waals surface area contributed by atoms with E-state index in [0.29, 0.717) is 19.5 Å². The van der Waals surface area contributed by atoms with E-state index in [1.165, 1.54) is 4.68 Å². The van der Waals surface area contributed by atoms with Crippen LogP contribution >= 0.6 is 0 Å². The predicted molar refractivity (Wildman–Crippen MR) is 93.2 cm³/mol. The summed E-state index contributed by atoms with van der Waals surface area (Å²) in [5, 5.41) is 8.66. The Morgan fingerprint density at radius 3 is 2.80 bits per heavy atom. The Hall–Kier alpha value is -2.38. The molecule has 2 aromatic heterocycles. The van der Waals surface area contributed by atoms with Crippen molar-refractivity contribution < 1.29 is 4.79 Å². The van der Waals surface area contributed by atoms with Crippen molar-refractivity contribution in [2.24, 2.45) is 13.0 Å². The van der Waals surface area contributed by atoms with Gasteiger partial charge < -0.3 is 4.90 Å². The van der Waals surface area contributed by atoms with E-state index in [4.69, 9.17) is 0 Å². The number of hydrogen-bond donors (Lipinski definition) is 0. The standard InChI is InChI=1S/C17H26N6O2/c1-12-10-13(2)23(18-12)9-5-8-20(3)16(24)14-6-7-15-19-21(4)17(25)22(15)11-14/h10,14H,5-9,11H2,1-4H3/t14-/m0/s1. The number of fused-ring (bicyclic) bond motifs is 1. The van der Waals surface area contributed by atoms with Crippen molar-refractivity contribution in [1.29, 1.82) is 0 Å². The molecule has 2 aromatic rings. The number of carbonyl (C=O) groups excluding carboxylic acids is 1. The van der Waals surface area contributed by atoms with Crippen molar-refractivity contribution in [2.75, 3.05) is 13.6 Å². The van der Waals surface area contributed by atoms with Gasteiger partial charge in [-0.15, -0.1) is 0 Å². The first kappa shape index (κ1) is 17.4. The van der Waals surface area contributed by atoms with Gasteiger partial charge in [0.15, 0.2) is 0 Å². The summed E-state index contributed by atoms with van der Waals surface area (Å²) >= 11 is 0. The molecule has 0 aliphatic carbocycles. The molecule has 1 aliphatic rings. The highest BCUT2D eigenvalue weighted by Crippen LogP contribution is 2.19. The van der Waals surface area contributed by atoms with Crippen LogP contribution in [0.4, 0.5) is 0 Å². The van der Waals surface area contributed by atoms with E-state index in [0.717, 1.165) is 36.6 Å². The van der Waals surface area contributed by atoms with Gasteiger partial charge in [0.1, 0.15) is 5.82 Å². The average Bonchev–Trinajstić information content (AvgIpc) is 3.05. The second-order valence-electron chi connectivity index (χ2n) is 6.93. The van der Waals surface area contributed by atoms with Gasteiger partial charge in [-0.2, -0.15) is 10.2 Å². The molecule has 3 heterocycles. The average molecular weight is 346 g/mol. The number of rotatable bonds is 5. The molecule has 8 nitrogen and oxygen atoms in total. The lowest BCUT2D eigenvalue weighted by Gasteiger charge is -2.26. The van der Waals surface area contributed by atoms with E-state index in [1.54, 1.807) is 16.5 Å². The molecular formula is C17H26N6O2. The molecule has 0 saturated heterocycles. The van der Waals surface area contributed by atoms with Gasteiger partial charge >= 0.3 is 5.69 Å². The Balaban J connectivity index is 1.55. The third-order valence-corrected chi connectivity index (χ3v) is 4.90. The lowest BCUT2D eigenvalue weighted by atomic mass is 9.98. The Kier molecular flexibility index (Phi) is 4.78. The van der Waals surface area contributed by atoms with Crippen molar-refractivity contribution in [3.8, 4) is 0 Å². The lowest BCUT2D eigenvalue weighted by molar-refractivity contribution is -0.135. The lowest BCUT2D eigenvalue weighted by Crippen LogP contribution is -2.40. The van der Waals surface area contributed by atoms with E-state index in [1.807, 2.05) is 25.6 Å². The fourth-order valence-corrected chi connectivity index (χ4v) is 3.52.